The molecule has 19 heavy (non-hydrogen) atoms. The molecule has 108 valence electrons. The molecule has 0 bridgehead atoms. The first-order chi connectivity index (χ1) is 8.71. The number of carbonyl (C=O) groups excluding carboxylic acids is 1. The molecular weight excluding hydrogens is 265 g/mol. The Labute approximate surface area is 107 Å². The maximum Gasteiger partial charge on any atom is 0.416 e. The number of hydrogen-bond donors (Lipinski definition) is 2. The van der Waals surface area contributed by atoms with Crippen LogP contribution in [0.1, 0.15) is 23.4 Å². The van der Waals surface area contributed by atoms with Crippen molar-refractivity contribution in [2.75, 3.05) is 6.54 Å². The van der Waals surface area contributed by atoms with Gasteiger partial charge >= 0.3 is 6.18 Å². The molecule has 0 saturated heterocycles. The van der Waals surface area contributed by atoms with Gasteiger partial charge in [-0.2, -0.15) is 13.2 Å². The molecule has 1 aromatic rings. The molecule has 0 spiro atoms. The van der Waals surface area contributed by atoms with Crippen LogP contribution in [0.3, 0.4) is 0 Å². The minimum atomic E-state index is -4.73. The van der Waals surface area contributed by atoms with Crippen LogP contribution in [0.5, 0.6) is 0 Å². The molecule has 0 aromatic carbocycles. The Kier molecular flexibility index (Phi) is 4.93. The van der Waals surface area contributed by atoms with Gasteiger partial charge in [-0.05, 0) is 20.3 Å². The van der Waals surface area contributed by atoms with Gasteiger partial charge in [-0.3, -0.25) is 4.79 Å². The van der Waals surface area contributed by atoms with Crippen LogP contribution in [0.4, 0.5) is 13.2 Å². The van der Waals surface area contributed by atoms with Gasteiger partial charge in [-0.25, -0.2) is 0 Å². The van der Waals surface area contributed by atoms with Crippen LogP contribution in [0.15, 0.2) is 4.52 Å². The zero-order chi connectivity index (χ0) is 14.6. The van der Waals surface area contributed by atoms with Crippen LogP contribution in [-0.2, 0) is 11.2 Å². The van der Waals surface area contributed by atoms with E-state index in [1.54, 1.807) is 13.8 Å². The van der Waals surface area contributed by atoms with Crippen LogP contribution in [-0.4, -0.2) is 35.0 Å². The summed E-state index contributed by atoms with van der Waals surface area (Å²) in [5.74, 6) is 0.0175. The number of aromatic nitrogens is 1. The van der Waals surface area contributed by atoms with Crippen molar-refractivity contribution in [1.29, 1.82) is 0 Å². The van der Waals surface area contributed by atoms with Gasteiger partial charge in [0.2, 0.25) is 5.91 Å². The van der Waals surface area contributed by atoms with Gasteiger partial charge in [-0.1, -0.05) is 5.16 Å². The summed E-state index contributed by atoms with van der Waals surface area (Å²) >= 11 is 0. The van der Waals surface area contributed by atoms with Crippen molar-refractivity contribution in [3.63, 3.8) is 0 Å². The second kappa shape index (κ2) is 6.05. The van der Waals surface area contributed by atoms with E-state index in [1.807, 2.05) is 5.32 Å². The molecule has 0 aliphatic rings. The van der Waals surface area contributed by atoms with Crippen molar-refractivity contribution >= 4 is 5.91 Å². The van der Waals surface area contributed by atoms with Gasteiger partial charge in [0, 0.05) is 12.0 Å². The molecule has 0 saturated carbocycles. The minimum Gasteiger partial charge on any atom is -0.382 e. The third-order valence-corrected chi connectivity index (χ3v) is 2.65. The largest absolute Gasteiger partial charge is 0.416 e. The summed E-state index contributed by atoms with van der Waals surface area (Å²) in [6, 6.07) is 0. The van der Waals surface area contributed by atoms with Crippen LogP contribution in [0.2, 0.25) is 0 Å². The molecule has 8 heteroatoms. The van der Waals surface area contributed by atoms with E-state index in [1.165, 1.54) is 0 Å². The Bertz CT molecular complexity index is 423. The van der Waals surface area contributed by atoms with E-state index in [9.17, 15) is 18.0 Å². The number of aryl methyl sites for hydroxylation is 2. The van der Waals surface area contributed by atoms with E-state index in [-0.39, 0.29) is 6.42 Å². The fraction of sp³-hybridized carbons (Fsp3) is 0.636. The molecule has 1 atom stereocenters. The molecule has 1 heterocycles. The molecule has 1 aromatic heterocycles. The Morgan fingerprint density at radius 1 is 1.47 bits per heavy atom. The molecule has 1 amide bonds. The fourth-order valence-electron chi connectivity index (χ4n) is 1.51. The van der Waals surface area contributed by atoms with Crippen molar-refractivity contribution in [3.8, 4) is 0 Å². The standard InChI is InChI=1S/C11H15F3N2O3/c1-6-8(7(2)19-16-6)3-4-10(18)15-5-9(17)11(12,13)14/h9,17H,3-5H2,1-2H3,(H,15,18). The van der Waals surface area contributed by atoms with E-state index >= 15 is 0 Å². The Balaban J connectivity index is 2.37. The van der Waals surface area contributed by atoms with Crippen molar-refractivity contribution in [3.05, 3.63) is 17.0 Å². The summed E-state index contributed by atoms with van der Waals surface area (Å²) in [6.07, 6.45) is -6.94. The van der Waals surface area contributed by atoms with Crippen molar-refractivity contribution in [2.45, 2.75) is 39.0 Å². The molecule has 0 radical (unpaired) electrons. The molecule has 5 nitrogen and oxygen atoms in total. The van der Waals surface area contributed by atoms with Crippen LogP contribution >= 0.6 is 0 Å². The highest BCUT2D eigenvalue weighted by Crippen LogP contribution is 2.19. The average molecular weight is 280 g/mol. The normalized spacial score (nSPS) is 13.4. The van der Waals surface area contributed by atoms with Gasteiger partial charge in [0.05, 0.1) is 12.2 Å². The summed E-state index contributed by atoms with van der Waals surface area (Å²) in [6.45, 7) is 2.57. The summed E-state index contributed by atoms with van der Waals surface area (Å²) in [7, 11) is 0. The molecule has 0 aliphatic heterocycles. The third-order valence-electron chi connectivity index (χ3n) is 2.65. The second-order valence-corrected chi connectivity index (χ2v) is 4.16. The highest BCUT2D eigenvalue weighted by atomic mass is 19.4. The molecular formula is C11H15F3N2O3. The Hall–Kier alpha value is -1.57. The second-order valence-electron chi connectivity index (χ2n) is 4.16. The van der Waals surface area contributed by atoms with Crippen molar-refractivity contribution in [2.24, 2.45) is 0 Å². The van der Waals surface area contributed by atoms with E-state index < -0.39 is 24.7 Å². The zero-order valence-corrected chi connectivity index (χ0v) is 10.5. The Morgan fingerprint density at radius 2 is 2.11 bits per heavy atom. The number of nitrogens with one attached hydrogen (secondary N) is 1. The number of carbonyl (C=O) groups is 1. The number of rotatable bonds is 5. The summed E-state index contributed by atoms with van der Waals surface area (Å²) in [5, 5.41) is 14.4. The first-order valence-electron chi connectivity index (χ1n) is 5.65. The topological polar surface area (TPSA) is 75.4 Å². The number of halogens is 3. The lowest BCUT2D eigenvalue weighted by molar-refractivity contribution is -0.201. The average Bonchev–Trinajstić information content (AvgIpc) is 2.62. The first-order valence-corrected chi connectivity index (χ1v) is 5.65. The van der Waals surface area contributed by atoms with Gasteiger partial charge in [0.15, 0.2) is 6.10 Å². The predicted molar refractivity (Wildman–Crippen MR) is 59.4 cm³/mol. The van der Waals surface area contributed by atoms with Crippen LogP contribution in [0.25, 0.3) is 0 Å². The molecule has 0 fully saturated rings. The SMILES string of the molecule is Cc1noc(C)c1CCC(=O)NCC(O)C(F)(F)F. The smallest absolute Gasteiger partial charge is 0.382 e. The highest BCUT2D eigenvalue weighted by molar-refractivity contribution is 5.76. The van der Waals surface area contributed by atoms with Crippen LogP contribution in [0, 0.1) is 13.8 Å². The van der Waals surface area contributed by atoms with E-state index in [4.69, 9.17) is 9.63 Å². The maximum absolute atomic E-state index is 12.0. The maximum atomic E-state index is 12.0. The monoisotopic (exact) mass is 280 g/mol. The molecule has 1 unspecified atom stereocenters. The number of aliphatic hydroxyl groups is 1. The molecule has 2 N–H and O–H groups in total. The molecule has 1 rings (SSSR count). The quantitative estimate of drug-likeness (QED) is 0.851. The minimum absolute atomic E-state index is 0.00741. The number of hydrogen-bond acceptors (Lipinski definition) is 4. The summed E-state index contributed by atoms with van der Waals surface area (Å²) < 4.78 is 40.9. The van der Waals surface area contributed by atoms with Crippen molar-refractivity contribution < 1.29 is 27.6 Å². The first kappa shape index (κ1) is 15.5. The van der Waals surface area contributed by atoms with Gasteiger partial charge in [0.25, 0.3) is 0 Å². The van der Waals surface area contributed by atoms with E-state index in [0.29, 0.717) is 17.9 Å². The number of alkyl halides is 3. The third kappa shape index (κ3) is 4.55. The summed E-state index contributed by atoms with van der Waals surface area (Å²) in [5.41, 5.74) is 1.42. The highest BCUT2D eigenvalue weighted by Gasteiger charge is 2.38. The van der Waals surface area contributed by atoms with Gasteiger partial charge in [0.1, 0.15) is 5.76 Å². The lowest BCUT2D eigenvalue weighted by Gasteiger charge is -2.14. The molecule has 0 aliphatic carbocycles. The zero-order valence-electron chi connectivity index (χ0n) is 10.5. The lowest BCUT2D eigenvalue weighted by Crippen LogP contribution is -2.40. The predicted octanol–water partition coefficient (Wildman–Crippen LogP) is 1.26. The van der Waals surface area contributed by atoms with E-state index in [2.05, 4.69) is 5.16 Å². The lowest BCUT2D eigenvalue weighted by atomic mass is 10.1. The number of aliphatic hydroxyl groups excluding tert-OH is 1. The van der Waals surface area contributed by atoms with Gasteiger partial charge in [-0.15, -0.1) is 0 Å². The fourth-order valence-corrected chi connectivity index (χ4v) is 1.51. The number of nitrogens with zero attached hydrogens (tertiary/aromatic N) is 1. The number of amides is 1. The Morgan fingerprint density at radius 3 is 2.58 bits per heavy atom. The summed E-state index contributed by atoms with van der Waals surface area (Å²) in [4.78, 5) is 11.4. The van der Waals surface area contributed by atoms with Crippen LogP contribution < -0.4 is 5.32 Å². The van der Waals surface area contributed by atoms with Gasteiger partial charge < -0.3 is 14.9 Å². The van der Waals surface area contributed by atoms with E-state index in [0.717, 1.165) is 5.56 Å². The van der Waals surface area contributed by atoms with Crippen molar-refractivity contribution in [1.82, 2.24) is 10.5 Å².